The molecule has 10 heteroatoms. The van der Waals surface area contributed by atoms with Gasteiger partial charge >= 0.3 is 5.97 Å². The Hall–Kier alpha value is -2.08. The SMILES string of the molecule is COC(=O)c1ccc(CN=C(N)N2CCN(c3nccs3)CC2)cc1OC.I. The van der Waals surface area contributed by atoms with Crippen molar-refractivity contribution >= 4 is 52.4 Å². The first-order valence-corrected chi connectivity index (χ1v) is 9.45. The van der Waals surface area contributed by atoms with E-state index in [1.54, 1.807) is 23.5 Å². The van der Waals surface area contributed by atoms with Gasteiger partial charge in [0.25, 0.3) is 0 Å². The summed E-state index contributed by atoms with van der Waals surface area (Å²) in [6.45, 7) is 3.76. The third-order valence-electron chi connectivity index (χ3n) is 4.39. The molecule has 1 aromatic carbocycles. The molecule has 28 heavy (non-hydrogen) atoms. The fourth-order valence-electron chi connectivity index (χ4n) is 2.88. The van der Waals surface area contributed by atoms with E-state index in [0.717, 1.165) is 36.9 Å². The maximum absolute atomic E-state index is 11.7. The minimum absolute atomic E-state index is 0. The molecule has 2 heterocycles. The van der Waals surface area contributed by atoms with E-state index in [2.05, 4.69) is 19.8 Å². The van der Waals surface area contributed by atoms with Crippen LogP contribution in [0, 0.1) is 0 Å². The predicted octanol–water partition coefficient (Wildman–Crippen LogP) is 2.19. The molecule has 1 fully saturated rings. The number of nitrogens with zero attached hydrogens (tertiary/aromatic N) is 4. The number of guanidine groups is 1. The molecule has 0 saturated carbocycles. The quantitative estimate of drug-likeness (QED) is 0.281. The molecule has 0 bridgehead atoms. The van der Waals surface area contributed by atoms with Crippen LogP contribution in [0.5, 0.6) is 5.75 Å². The summed E-state index contributed by atoms with van der Waals surface area (Å²) >= 11 is 1.64. The number of esters is 1. The molecular weight excluding hydrogens is 493 g/mol. The number of halogens is 1. The topological polar surface area (TPSA) is 93.3 Å². The Morgan fingerprint density at radius 1 is 1.29 bits per heavy atom. The minimum Gasteiger partial charge on any atom is -0.496 e. The van der Waals surface area contributed by atoms with E-state index in [1.807, 2.05) is 17.6 Å². The van der Waals surface area contributed by atoms with Gasteiger partial charge < -0.3 is 25.0 Å². The molecule has 1 saturated heterocycles. The lowest BCUT2D eigenvalue weighted by molar-refractivity contribution is 0.0597. The van der Waals surface area contributed by atoms with Gasteiger partial charge in [-0.2, -0.15) is 0 Å². The molecule has 2 N–H and O–H groups in total. The summed E-state index contributed by atoms with van der Waals surface area (Å²) in [6.07, 6.45) is 1.82. The second kappa shape index (κ2) is 10.5. The molecule has 1 aliphatic rings. The predicted molar refractivity (Wildman–Crippen MR) is 121 cm³/mol. The van der Waals surface area contributed by atoms with E-state index >= 15 is 0 Å². The van der Waals surface area contributed by atoms with Crippen molar-refractivity contribution in [1.82, 2.24) is 9.88 Å². The van der Waals surface area contributed by atoms with Gasteiger partial charge in [-0.1, -0.05) is 6.07 Å². The van der Waals surface area contributed by atoms with Gasteiger partial charge in [0, 0.05) is 37.8 Å². The number of aromatic nitrogens is 1. The molecule has 0 spiro atoms. The van der Waals surface area contributed by atoms with Gasteiger partial charge in [-0.05, 0) is 17.7 Å². The van der Waals surface area contributed by atoms with Crippen LogP contribution in [-0.4, -0.2) is 62.2 Å². The number of methoxy groups -OCH3 is 2. The first-order chi connectivity index (χ1) is 13.1. The second-order valence-corrected chi connectivity index (χ2v) is 6.86. The average molecular weight is 517 g/mol. The molecule has 1 aromatic heterocycles. The summed E-state index contributed by atoms with van der Waals surface area (Å²) in [6, 6.07) is 5.29. The van der Waals surface area contributed by atoms with Gasteiger partial charge in [0.05, 0.1) is 20.8 Å². The number of hydrogen-bond donors (Lipinski definition) is 1. The van der Waals surface area contributed by atoms with Crippen LogP contribution < -0.4 is 15.4 Å². The van der Waals surface area contributed by atoms with Crippen molar-refractivity contribution in [3.05, 3.63) is 40.9 Å². The van der Waals surface area contributed by atoms with Crippen molar-refractivity contribution in [2.75, 3.05) is 45.3 Å². The first kappa shape index (κ1) is 22.2. The maximum atomic E-state index is 11.7. The molecular formula is C18H24IN5O3S. The van der Waals surface area contributed by atoms with Crippen LogP contribution in [0.2, 0.25) is 0 Å². The minimum atomic E-state index is -0.431. The zero-order chi connectivity index (χ0) is 19.2. The molecule has 0 unspecified atom stereocenters. The molecule has 0 amide bonds. The molecule has 0 aliphatic carbocycles. The number of nitrogens with two attached hydrogens (primary N) is 1. The third kappa shape index (κ3) is 5.25. The Kier molecular flexibility index (Phi) is 8.30. The van der Waals surface area contributed by atoms with Gasteiger partial charge in [-0.25, -0.2) is 14.8 Å². The van der Waals surface area contributed by atoms with Crippen molar-refractivity contribution in [1.29, 1.82) is 0 Å². The molecule has 2 aromatic rings. The highest BCUT2D eigenvalue weighted by Crippen LogP contribution is 2.22. The molecule has 152 valence electrons. The lowest BCUT2D eigenvalue weighted by atomic mass is 10.1. The van der Waals surface area contributed by atoms with Crippen molar-refractivity contribution in [2.24, 2.45) is 10.7 Å². The molecule has 0 atom stereocenters. The number of benzene rings is 1. The zero-order valence-corrected chi connectivity index (χ0v) is 19.0. The van der Waals surface area contributed by atoms with Crippen LogP contribution in [0.15, 0.2) is 34.8 Å². The Morgan fingerprint density at radius 2 is 2.04 bits per heavy atom. The van der Waals surface area contributed by atoms with Crippen LogP contribution in [0.1, 0.15) is 15.9 Å². The van der Waals surface area contributed by atoms with Crippen LogP contribution in [-0.2, 0) is 11.3 Å². The van der Waals surface area contributed by atoms with Gasteiger partial charge in [0.1, 0.15) is 11.3 Å². The zero-order valence-electron chi connectivity index (χ0n) is 15.8. The lowest BCUT2D eigenvalue weighted by Gasteiger charge is -2.35. The van der Waals surface area contributed by atoms with Crippen LogP contribution in [0.3, 0.4) is 0 Å². The summed E-state index contributed by atoms with van der Waals surface area (Å²) in [5.74, 6) is 0.550. The smallest absolute Gasteiger partial charge is 0.341 e. The van der Waals surface area contributed by atoms with Gasteiger partial charge in [0.15, 0.2) is 11.1 Å². The van der Waals surface area contributed by atoms with Crippen molar-refractivity contribution in [3.8, 4) is 5.75 Å². The third-order valence-corrected chi connectivity index (χ3v) is 5.22. The molecule has 3 rings (SSSR count). The Balaban J connectivity index is 0.00000280. The van der Waals surface area contributed by atoms with E-state index in [1.165, 1.54) is 14.2 Å². The maximum Gasteiger partial charge on any atom is 0.341 e. The number of ether oxygens (including phenoxy) is 2. The molecule has 8 nitrogen and oxygen atoms in total. The Labute approximate surface area is 185 Å². The van der Waals surface area contributed by atoms with Crippen molar-refractivity contribution < 1.29 is 14.3 Å². The number of piperazine rings is 1. The highest BCUT2D eigenvalue weighted by atomic mass is 127. The van der Waals surface area contributed by atoms with Crippen LogP contribution >= 0.6 is 35.3 Å². The van der Waals surface area contributed by atoms with Gasteiger partial charge in [-0.15, -0.1) is 35.3 Å². The van der Waals surface area contributed by atoms with Crippen molar-refractivity contribution in [3.63, 3.8) is 0 Å². The summed E-state index contributed by atoms with van der Waals surface area (Å²) < 4.78 is 10.0. The standard InChI is InChI=1S/C18H23N5O3S.HI/c1-25-15-11-13(3-4-14(15)16(24)26-2)12-21-17(19)22-6-8-23(9-7-22)18-20-5-10-27-18;/h3-5,10-11H,6-9,12H2,1-2H3,(H2,19,21);1H. The number of aliphatic imine (C=N–C) groups is 1. The fourth-order valence-corrected chi connectivity index (χ4v) is 3.58. The number of carbonyl (C=O) groups excluding carboxylic acids is 1. The number of thiazole rings is 1. The van der Waals surface area contributed by atoms with Gasteiger partial charge in [-0.3, -0.25) is 0 Å². The molecule has 0 radical (unpaired) electrons. The number of hydrogen-bond acceptors (Lipinski definition) is 7. The van der Waals surface area contributed by atoms with E-state index in [0.29, 0.717) is 23.8 Å². The van der Waals surface area contributed by atoms with E-state index < -0.39 is 5.97 Å². The number of rotatable bonds is 5. The normalized spacial score (nSPS) is 14.4. The van der Waals surface area contributed by atoms with Crippen LogP contribution in [0.25, 0.3) is 0 Å². The Morgan fingerprint density at radius 3 is 2.64 bits per heavy atom. The summed E-state index contributed by atoms with van der Waals surface area (Å²) in [5.41, 5.74) is 7.46. The summed E-state index contributed by atoms with van der Waals surface area (Å²) in [7, 11) is 2.86. The average Bonchev–Trinajstić information content (AvgIpc) is 3.26. The number of carbonyl (C=O) groups is 1. The fraction of sp³-hybridized carbons (Fsp3) is 0.389. The second-order valence-electron chi connectivity index (χ2n) is 5.99. The first-order valence-electron chi connectivity index (χ1n) is 8.57. The largest absolute Gasteiger partial charge is 0.496 e. The number of anilines is 1. The highest BCUT2D eigenvalue weighted by Gasteiger charge is 2.20. The summed E-state index contributed by atoms with van der Waals surface area (Å²) in [4.78, 5) is 24.9. The summed E-state index contributed by atoms with van der Waals surface area (Å²) in [5, 5.41) is 3.03. The van der Waals surface area contributed by atoms with Gasteiger partial charge in [0.2, 0.25) is 0 Å². The van der Waals surface area contributed by atoms with Crippen molar-refractivity contribution in [2.45, 2.75) is 6.54 Å². The monoisotopic (exact) mass is 517 g/mol. The highest BCUT2D eigenvalue weighted by molar-refractivity contribution is 14.0. The van der Waals surface area contributed by atoms with E-state index in [-0.39, 0.29) is 24.0 Å². The Bertz CT molecular complexity index is 808. The van der Waals surface area contributed by atoms with E-state index in [4.69, 9.17) is 15.2 Å². The molecule has 1 aliphatic heterocycles. The van der Waals surface area contributed by atoms with E-state index in [9.17, 15) is 4.79 Å². The van der Waals surface area contributed by atoms with Crippen LogP contribution in [0.4, 0.5) is 5.13 Å². The lowest BCUT2D eigenvalue weighted by Crippen LogP contribution is -2.51.